The summed E-state index contributed by atoms with van der Waals surface area (Å²) in [6.07, 6.45) is 1.42. The molecule has 2 amide bonds. The molecule has 0 aliphatic heterocycles. The fourth-order valence-electron chi connectivity index (χ4n) is 2.65. The molecule has 27 heavy (non-hydrogen) atoms. The van der Waals surface area contributed by atoms with E-state index in [1.165, 1.54) is 6.21 Å². The van der Waals surface area contributed by atoms with Crippen LogP contribution in [-0.2, 0) is 0 Å². The van der Waals surface area contributed by atoms with E-state index in [0.717, 1.165) is 16.7 Å². The van der Waals surface area contributed by atoms with E-state index in [4.69, 9.17) is 9.68 Å². The van der Waals surface area contributed by atoms with Gasteiger partial charge in [0.1, 0.15) is 11.5 Å². The van der Waals surface area contributed by atoms with E-state index in [-0.39, 0.29) is 0 Å². The molecular weight excluding hydrogens is 340 g/mol. The average molecular weight is 358 g/mol. The minimum Gasteiger partial charge on any atom is -0.455 e. The van der Waals surface area contributed by atoms with Crippen molar-refractivity contribution in [2.45, 2.75) is 13.8 Å². The second kappa shape index (κ2) is 8.02. The number of carbonyl (C=O) groups is 1. The van der Waals surface area contributed by atoms with Crippen LogP contribution in [0.2, 0.25) is 0 Å². The standard InChI is InChI=1S/C21H18N4O2/c1-14-9-15(2)11-18(10-14)24-21(26)25-23-13-19-7-8-20(27-19)17-5-3-16(12-22)4-6-17/h3-11,13H,1-2H3,(H2,24,25,26)/b23-13+. The highest BCUT2D eigenvalue weighted by atomic mass is 16.3. The third-order valence-corrected chi connectivity index (χ3v) is 3.76. The Balaban J connectivity index is 1.59. The van der Waals surface area contributed by atoms with Crippen LogP contribution in [0.15, 0.2) is 64.1 Å². The van der Waals surface area contributed by atoms with Gasteiger partial charge in [-0.25, -0.2) is 10.2 Å². The number of benzene rings is 2. The van der Waals surface area contributed by atoms with E-state index in [1.807, 2.05) is 44.2 Å². The highest BCUT2D eigenvalue weighted by molar-refractivity contribution is 5.90. The Labute approximate surface area is 157 Å². The van der Waals surface area contributed by atoms with Gasteiger partial charge in [-0.1, -0.05) is 6.07 Å². The van der Waals surface area contributed by atoms with E-state index in [0.29, 0.717) is 22.8 Å². The Morgan fingerprint density at radius 3 is 2.44 bits per heavy atom. The number of urea groups is 1. The Bertz CT molecular complexity index is 1010. The third kappa shape index (κ3) is 4.83. The van der Waals surface area contributed by atoms with Crippen molar-refractivity contribution in [1.82, 2.24) is 5.43 Å². The van der Waals surface area contributed by atoms with Gasteiger partial charge in [-0.2, -0.15) is 10.4 Å². The number of hydrogen-bond acceptors (Lipinski definition) is 4. The maximum Gasteiger partial charge on any atom is 0.339 e. The lowest BCUT2D eigenvalue weighted by Gasteiger charge is -2.06. The number of aryl methyl sites for hydroxylation is 2. The zero-order valence-electron chi connectivity index (χ0n) is 15.0. The number of carbonyl (C=O) groups excluding carboxylic acids is 1. The van der Waals surface area contributed by atoms with Gasteiger partial charge in [0, 0.05) is 11.3 Å². The van der Waals surface area contributed by atoms with Crippen molar-refractivity contribution < 1.29 is 9.21 Å². The third-order valence-electron chi connectivity index (χ3n) is 3.76. The van der Waals surface area contributed by atoms with Crippen molar-refractivity contribution >= 4 is 17.9 Å². The predicted molar refractivity (Wildman–Crippen MR) is 105 cm³/mol. The van der Waals surface area contributed by atoms with Crippen LogP contribution in [0.3, 0.4) is 0 Å². The molecule has 3 rings (SSSR count). The van der Waals surface area contributed by atoms with Gasteiger partial charge in [-0.05, 0) is 73.5 Å². The van der Waals surface area contributed by atoms with Crippen molar-refractivity contribution in [2.24, 2.45) is 5.10 Å². The number of amides is 2. The number of rotatable bonds is 4. The van der Waals surface area contributed by atoms with Crippen LogP contribution in [0.5, 0.6) is 0 Å². The first-order valence-electron chi connectivity index (χ1n) is 8.32. The lowest BCUT2D eigenvalue weighted by molar-refractivity contribution is 0.252. The maximum atomic E-state index is 11.9. The zero-order chi connectivity index (χ0) is 19.2. The summed E-state index contributed by atoms with van der Waals surface area (Å²) in [6.45, 7) is 3.94. The minimum absolute atomic E-state index is 0.435. The topological polar surface area (TPSA) is 90.4 Å². The Hall–Kier alpha value is -3.85. The van der Waals surface area contributed by atoms with Crippen molar-refractivity contribution in [3.8, 4) is 17.4 Å². The molecule has 0 aliphatic rings. The van der Waals surface area contributed by atoms with E-state index in [1.54, 1.807) is 24.3 Å². The number of hydrazone groups is 1. The average Bonchev–Trinajstić information content (AvgIpc) is 3.10. The Morgan fingerprint density at radius 2 is 1.78 bits per heavy atom. The first-order chi connectivity index (χ1) is 13.0. The lowest BCUT2D eigenvalue weighted by atomic mass is 10.1. The molecule has 0 bridgehead atoms. The predicted octanol–water partition coefficient (Wildman–Crippen LogP) is 4.59. The van der Waals surface area contributed by atoms with Crippen LogP contribution in [-0.4, -0.2) is 12.2 Å². The summed E-state index contributed by atoms with van der Waals surface area (Å²) in [6, 6.07) is 18.1. The number of anilines is 1. The molecule has 2 aromatic carbocycles. The van der Waals surface area contributed by atoms with Gasteiger partial charge in [0.2, 0.25) is 0 Å². The van der Waals surface area contributed by atoms with Gasteiger partial charge in [0.05, 0.1) is 17.8 Å². The van der Waals surface area contributed by atoms with E-state index >= 15 is 0 Å². The highest BCUT2D eigenvalue weighted by Crippen LogP contribution is 2.21. The molecule has 0 unspecified atom stereocenters. The monoisotopic (exact) mass is 358 g/mol. The van der Waals surface area contributed by atoms with Gasteiger partial charge in [-0.3, -0.25) is 0 Å². The fraction of sp³-hybridized carbons (Fsp3) is 0.0952. The van der Waals surface area contributed by atoms with Crippen molar-refractivity contribution in [1.29, 1.82) is 5.26 Å². The second-order valence-corrected chi connectivity index (χ2v) is 6.09. The number of nitrogens with one attached hydrogen (secondary N) is 2. The largest absolute Gasteiger partial charge is 0.455 e. The van der Waals surface area contributed by atoms with E-state index in [2.05, 4.69) is 21.9 Å². The number of furan rings is 1. The van der Waals surface area contributed by atoms with Crippen LogP contribution in [0.1, 0.15) is 22.5 Å². The molecule has 2 N–H and O–H groups in total. The molecule has 6 nitrogen and oxygen atoms in total. The Morgan fingerprint density at radius 1 is 1.07 bits per heavy atom. The Kier molecular flexibility index (Phi) is 5.33. The number of nitrogens with zero attached hydrogens (tertiary/aromatic N) is 2. The molecule has 0 atom stereocenters. The second-order valence-electron chi connectivity index (χ2n) is 6.09. The van der Waals surface area contributed by atoms with Gasteiger partial charge < -0.3 is 9.73 Å². The van der Waals surface area contributed by atoms with Crippen molar-refractivity contribution in [3.63, 3.8) is 0 Å². The van der Waals surface area contributed by atoms with E-state index in [9.17, 15) is 4.79 Å². The summed E-state index contributed by atoms with van der Waals surface area (Å²) in [7, 11) is 0. The number of nitriles is 1. The molecule has 6 heteroatoms. The smallest absolute Gasteiger partial charge is 0.339 e. The highest BCUT2D eigenvalue weighted by Gasteiger charge is 2.04. The fourth-order valence-corrected chi connectivity index (χ4v) is 2.65. The quantitative estimate of drug-likeness (QED) is 0.528. The molecule has 0 fully saturated rings. The maximum absolute atomic E-state index is 11.9. The van der Waals surface area contributed by atoms with Crippen LogP contribution >= 0.6 is 0 Å². The van der Waals surface area contributed by atoms with Crippen LogP contribution in [0.4, 0.5) is 10.5 Å². The summed E-state index contributed by atoms with van der Waals surface area (Å²) < 4.78 is 5.67. The SMILES string of the molecule is Cc1cc(C)cc(NC(=O)N/N=C/c2ccc(-c3ccc(C#N)cc3)o2)c1. The molecule has 1 aromatic heterocycles. The zero-order valence-corrected chi connectivity index (χ0v) is 15.0. The van der Waals surface area contributed by atoms with Crippen LogP contribution < -0.4 is 10.7 Å². The number of hydrogen-bond donors (Lipinski definition) is 2. The van der Waals surface area contributed by atoms with Gasteiger partial charge in [-0.15, -0.1) is 0 Å². The van der Waals surface area contributed by atoms with Crippen molar-refractivity contribution in [3.05, 3.63) is 77.0 Å². The summed E-state index contributed by atoms with van der Waals surface area (Å²) in [5.41, 5.74) is 6.70. The summed E-state index contributed by atoms with van der Waals surface area (Å²) in [4.78, 5) is 11.9. The minimum atomic E-state index is -0.435. The van der Waals surface area contributed by atoms with Crippen LogP contribution in [0.25, 0.3) is 11.3 Å². The molecule has 0 aliphatic carbocycles. The molecule has 0 radical (unpaired) electrons. The van der Waals surface area contributed by atoms with Crippen LogP contribution in [0, 0.1) is 25.2 Å². The first-order valence-corrected chi connectivity index (χ1v) is 8.32. The summed E-state index contributed by atoms with van der Waals surface area (Å²) in [5, 5.41) is 15.5. The molecule has 134 valence electrons. The normalized spacial score (nSPS) is 10.6. The molecule has 0 saturated heterocycles. The van der Waals surface area contributed by atoms with Gasteiger partial charge in [0.25, 0.3) is 0 Å². The van der Waals surface area contributed by atoms with Crippen molar-refractivity contribution in [2.75, 3.05) is 5.32 Å². The summed E-state index contributed by atoms with van der Waals surface area (Å²) >= 11 is 0. The van der Waals surface area contributed by atoms with E-state index < -0.39 is 6.03 Å². The summed E-state index contributed by atoms with van der Waals surface area (Å²) in [5.74, 6) is 1.15. The van der Waals surface area contributed by atoms with Gasteiger partial charge >= 0.3 is 6.03 Å². The molecule has 1 heterocycles. The lowest BCUT2D eigenvalue weighted by Crippen LogP contribution is -2.24. The van der Waals surface area contributed by atoms with Gasteiger partial charge in [0.15, 0.2) is 0 Å². The first kappa shape index (κ1) is 18.0. The molecule has 0 spiro atoms. The molecule has 0 saturated carbocycles. The molecular formula is C21H18N4O2. The molecule has 3 aromatic rings.